The number of aromatic nitrogens is 2. The number of amides is 1. The van der Waals surface area contributed by atoms with Crippen LogP contribution in [0.4, 0.5) is 5.69 Å². The van der Waals surface area contributed by atoms with E-state index in [1.165, 1.54) is 18.2 Å². The van der Waals surface area contributed by atoms with E-state index in [1.807, 2.05) is 48.9 Å². The Labute approximate surface area is 168 Å². The molecule has 0 fully saturated rings. The predicted molar refractivity (Wildman–Crippen MR) is 111 cm³/mol. The molecule has 0 aliphatic heterocycles. The molecule has 29 heavy (non-hydrogen) atoms. The van der Waals surface area contributed by atoms with E-state index in [2.05, 4.69) is 10.4 Å². The molecule has 0 atom stereocenters. The van der Waals surface area contributed by atoms with E-state index in [0.29, 0.717) is 18.7 Å². The van der Waals surface area contributed by atoms with Gasteiger partial charge in [0.2, 0.25) is 5.91 Å². The van der Waals surface area contributed by atoms with Crippen LogP contribution >= 0.6 is 0 Å². The second-order valence-corrected chi connectivity index (χ2v) is 6.66. The molecule has 1 heterocycles. The maximum absolute atomic E-state index is 12.2. The maximum Gasteiger partial charge on any atom is 0.276 e. The van der Waals surface area contributed by atoms with Gasteiger partial charge in [-0.25, -0.2) is 0 Å². The summed E-state index contributed by atoms with van der Waals surface area (Å²) in [7, 11) is 0. The Bertz CT molecular complexity index is 1060. The Morgan fingerprint density at radius 3 is 2.55 bits per heavy atom. The number of hydrogen-bond acceptors (Lipinski definition) is 4. The van der Waals surface area contributed by atoms with Crippen LogP contribution in [0.15, 0.2) is 60.7 Å². The van der Waals surface area contributed by atoms with Crippen LogP contribution in [0.3, 0.4) is 0 Å². The number of hydrogen-bond donors (Lipinski definition) is 1. The van der Waals surface area contributed by atoms with Crippen LogP contribution in [0.5, 0.6) is 0 Å². The first-order valence-corrected chi connectivity index (χ1v) is 9.22. The fraction of sp³-hybridized carbons (Fsp3) is 0.182. The fourth-order valence-corrected chi connectivity index (χ4v) is 3.09. The number of nitro groups is 1. The molecule has 2 aromatic carbocycles. The van der Waals surface area contributed by atoms with Crippen molar-refractivity contribution in [2.45, 2.75) is 26.9 Å². The Morgan fingerprint density at radius 2 is 1.83 bits per heavy atom. The highest BCUT2D eigenvalue weighted by atomic mass is 16.6. The molecule has 0 unspecified atom stereocenters. The van der Waals surface area contributed by atoms with Gasteiger partial charge in [-0.3, -0.25) is 19.6 Å². The van der Waals surface area contributed by atoms with Gasteiger partial charge in [-0.1, -0.05) is 42.5 Å². The molecule has 7 nitrogen and oxygen atoms in total. The van der Waals surface area contributed by atoms with Gasteiger partial charge in [0.05, 0.1) is 22.7 Å². The molecule has 0 saturated carbocycles. The summed E-state index contributed by atoms with van der Waals surface area (Å²) in [5, 5.41) is 18.5. The molecule has 3 aromatic rings. The molecule has 0 saturated heterocycles. The van der Waals surface area contributed by atoms with Crippen molar-refractivity contribution in [2.75, 3.05) is 0 Å². The van der Waals surface area contributed by atoms with Crippen molar-refractivity contribution in [1.82, 2.24) is 15.1 Å². The third kappa shape index (κ3) is 4.95. The first kappa shape index (κ1) is 20.0. The highest BCUT2D eigenvalue weighted by molar-refractivity contribution is 5.92. The minimum Gasteiger partial charge on any atom is -0.348 e. The van der Waals surface area contributed by atoms with Crippen LogP contribution < -0.4 is 5.32 Å². The van der Waals surface area contributed by atoms with Gasteiger partial charge in [0.15, 0.2) is 0 Å². The van der Waals surface area contributed by atoms with Gasteiger partial charge in [-0.2, -0.15) is 5.10 Å². The Balaban J connectivity index is 1.66. The second-order valence-electron chi connectivity index (χ2n) is 6.66. The summed E-state index contributed by atoms with van der Waals surface area (Å²) in [6.45, 7) is 4.90. The van der Waals surface area contributed by atoms with E-state index >= 15 is 0 Å². The topological polar surface area (TPSA) is 90.1 Å². The smallest absolute Gasteiger partial charge is 0.276 e. The van der Waals surface area contributed by atoms with E-state index in [-0.39, 0.29) is 11.6 Å². The molecular formula is C22H22N4O3. The minimum absolute atomic E-state index is 0.0366. The van der Waals surface area contributed by atoms with Crippen molar-refractivity contribution in [3.63, 3.8) is 0 Å². The van der Waals surface area contributed by atoms with Gasteiger partial charge in [0.25, 0.3) is 5.69 Å². The van der Waals surface area contributed by atoms with Gasteiger partial charge in [-0.15, -0.1) is 0 Å². The summed E-state index contributed by atoms with van der Waals surface area (Å²) < 4.78 is 1.93. The van der Waals surface area contributed by atoms with Crippen LogP contribution in [-0.4, -0.2) is 20.6 Å². The van der Waals surface area contributed by atoms with Crippen LogP contribution in [0.25, 0.3) is 6.08 Å². The van der Waals surface area contributed by atoms with Crippen molar-refractivity contribution < 1.29 is 9.72 Å². The third-order valence-electron chi connectivity index (χ3n) is 4.69. The first-order chi connectivity index (χ1) is 14.0. The number of carbonyl (C=O) groups excluding carboxylic acids is 1. The summed E-state index contributed by atoms with van der Waals surface area (Å²) in [5.41, 5.74) is 4.33. The van der Waals surface area contributed by atoms with Crippen LogP contribution in [-0.2, 0) is 17.9 Å². The highest BCUT2D eigenvalue weighted by Crippen LogP contribution is 2.19. The predicted octanol–water partition coefficient (Wildman–Crippen LogP) is 3.79. The Morgan fingerprint density at radius 1 is 1.14 bits per heavy atom. The number of aryl methyl sites for hydroxylation is 1. The molecule has 0 bridgehead atoms. The van der Waals surface area contributed by atoms with Crippen LogP contribution in [0.1, 0.15) is 28.1 Å². The lowest BCUT2D eigenvalue weighted by molar-refractivity contribution is -0.385. The lowest BCUT2D eigenvalue weighted by atomic mass is 10.1. The second kappa shape index (κ2) is 8.97. The number of nitrogens with zero attached hydrogens (tertiary/aromatic N) is 3. The number of para-hydroxylation sites is 1. The zero-order valence-corrected chi connectivity index (χ0v) is 16.3. The summed E-state index contributed by atoms with van der Waals surface area (Å²) in [5.74, 6) is -0.322. The minimum atomic E-state index is -0.467. The van der Waals surface area contributed by atoms with Gasteiger partial charge >= 0.3 is 0 Å². The fourth-order valence-electron chi connectivity index (χ4n) is 3.09. The zero-order chi connectivity index (χ0) is 20.8. The van der Waals surface area contributed by atoms with Crippen LogP contribution in [0.2, 0.25) is 0 Å². The van der Waals surface area contributed by atoms with Gasteiger partial charge in [0.1, 0.15) is 0 Å². The van der Waals surface area contributed by atoms with E-state index in [0.717, 1.165) is 22.5 Å². The Hall–Kier alpha value is -3.74. The van der Waals surface area contributed by atoms with Crippen molar-refractivity contribution in [1.29, 1.82) is 0 Å². The largest absolute Gasteiger partial charge is 0.348 e. The third-order valence-corrected chi connectivity index (χ3v) is 4.69. The molecule has 0 aliphatic carbocycles. The molecular weight excluding hydrogens is 368 g/mol. The molecule has 0 radical (unpaired) electrons. The lowest BCUT2D eigenvalue weighted by Crippen LogP contribution is -2.21. The van der Waals surface area contributed by atoms with Gasteiger partial charge < -0.3 is 5.32 Å². The highest BCUT2D eigenvalue weighted by Gasteiger charge is 2.13. The summed E-state index contributed by atoms with van der Waals surface area (Å²) in [6.07, 6.45) is 2.76. The van der Waals surface area contributed by atoms with Crippen molar-refractivity contribution >= 4 is 17.7 Å². The van der Waals surface area contributed by atoms with Crippen molar-refractivity contribution in [2.24, 2.45) is 0 Å². The standard InChI is InChI=1S/C22H22N4O3/c1-16-20(17(2)25(24-16)15-18-8-4-3-5-9-18)14-23-22(27)13-12-19-10-6-7-11-21(19)26(28)29/h3-13H,14-15H2,1-2H3,(H,23,27)/b13-12+. The van der Waals surface area contributed by atoms with Crippen molar-refractivity contribution in [3.05, 3.63) is 98.9 Å². The summed E-state index contributed by atoms with van der Waals surface area (Å²) in [4.78, 5) is 22.8. The van der Waals surface area contributed by atoms with E-state index in [1.54, 1.807) is 18.2 Å². The summed E-state index contributed by atoms with van der Waals surface area (Å²) in [6, 6.07) is 16.3. The monoisotopic (exact) mass is 390 g/mol. The maximum atomic E-state index is 12.2. The van der Waals surface area contributed by atoms with Gasteiger partial charge in [0, 0.05) is 29.9 Å². The normalized spacial score (nSPS) is 11.0. The number of rotatable bonds is 7. The number of benzene rings is 2. The number of carbonyl (C=O) groups is 1. The van der Waals surface area contributed by atoms with E-state index < -0.39 is 4.92 Å². The average Bonchev–Trinajstić information content (AvgIpc) is 2.98. The molecule has 0 aliphatic rings. The number of nitrogens with one attached hydrogen (secondary N) is 1. The molecule has 148 valence electrons. The molecule has 7 heteroatoms. The molecule has 3 rings (SSSR count). The summed E-state index contributed by atoms with van der Waals surface area (Å²) >= 11 is 0. The lowest BCUT2D eigenvalue weighted by Gasteiger charge is -2.06. The van der Waals surface area contributed by atoms with Crippen molar-refractivity contribution in [3.8, 4) is 0 Å². The van der Waals surface area contributed by atoms with Gasteiger partial charge in [-0.05, 0) is 31.6 Å². The molecule has 1 amide bonds. The Kier molecular flexibility index (Phi) is 6.19. The first-order valence-electron chi connectivity index (χ1n) is 9.22. The van der Waals surface area contributed by atoms with E-state index in [4.69, 9.17) is 0 Å². The zero-order valence-electron chi connectivity index (χ0n) is 16.3. The molecule has 1 aromatic heterocycles. The average molecular weight is 390 g/mol. The quantitative estimate of drug-likeness (QED) is 0.378. The number of nitro benzene ring substituents is 1. The molecule has 1 N–H and O–H groups in total. The molecule has 0 spiro atoms. The SMILES string of the molecule is Cc1nn(Cc2ccccc2)c(C)c1CNC(=O)/C=C/c1ccccc1[N+](=O)[O-]. The van der Waals surface area contributed by atoms with E-state index in [9.17, 15) is 14.9 Å². The van der Waals surface area contributed by atoms with Crippen LogP contribution in [0, 0.1) is 24.0 Å².